The Bertz CT molecular complexity index is 594. The van der Waals surface area contributed by atoms with E-state index in [4.69, 9.17) is 5.11 Å². The third-order valence-electron chi connectivity index (χ3n) is 4.20. The van der Waals surface area contributed by atoms with Crippen molar-refractivity contribution in [2.75, 3.05) is 0 Å². The SMILES string of the molecule is O=C(O)c1ccc2ccn(CC3CCCCC3)c2c1. The van der Waals surface area contributed by atoms with Crippen LogP contribution in [0.2, 0.25) is 0 Å². The van der Waals surface area contributed by atoms with Crippen LogP contribution in [0.15, 0.2) is 30.5 Å². The second-order valence-corrected chi connectivity index (χ2v) is 5.55. The summed E-state index contributed by atoms with van der Waals surface area (Å²) in [6, 6.07) is 7.44. The van der Waals surface area contributed by atoms with Gasteiger partial charge in [0.2, 0.25) is 0 Å². The van der Waals surface area contributed by atoms with Crippen molar-refractivity contribution in [1.82, 2.24) is 4.57 Å². The second-order valence-electron chi connectivity index (χ2n) is 5.55. The molecular formula is C16H19NO2. The van der Waals surface area contributed by atoms with Crippen LogP contribution >= 0.6 is 0 Å². The van der Waals surface area contributed by atoms with E-state index in [2.05, 4.69) is 16.8 Å². The zero-order valence-corrected chi connectivity index (χ0v) is 11.0. The van der Waals surface area contributed by atoms with E-state index < -0.39 is 5.97 Å². The summed E-state index contributed by atoms with van der Waals surface area (Å²) in [5.74, 6) is -0.106. The molecule has 1 aliphatic carbocycles. The van der Waals surface area contributed by atoms with Gasteiger partial charge in [-0.05, 0) is 42.3 Å². The number of nitrogens with zero attached hydrogens (tertiary/aromatic N) is 1. The third kappa shape index (κ3) is 2.50. The topological polar surface area (TPSA) is 42.2 Å². The number of rotatable bonds is 3. The summed E-state index contributed by atoms with van der Waals surface area (Å²) in [4.78, 5) is 11.1. The van der Waals surface area contributed by atoms with Gasteiger partial charge in [0.1, 0.15) is 0 Å². The summed E-state index contributed by atoms with van der Waals surface area (Å²) in [5.41, 5.74) is 1.42. The molecule has 0 amide bonds. The average Bonchev–Trinajstić information content (AvgIpc) is 2.82. The van der Waals surface area contributed by atoms with Crippen molar-refractivity contribution >= 4 is 16.9 Å². The smallest absolute Gasteiger partial charge is 0.335 e. The zero-order valence-electron chi connectivity index (χ0n) is 11.0. The molecule has 3 heteroatoms. The van der Waals surface area contributed by atoms with Crippen LogP contribution in [0.1, 0.15) is 42.5 Å². The minimum atomic E-state index is -0.854. The van der Waals surface area contributed by atoms with Gasteiger partial charge in [-0.2, -0.15) is 0 Å². The molecule has 1 heterocycles. The molecular weight excluding hydrogens is 238 g/mol. The Morgan fingerprint density at radius 1 is 1.21 bits per heavy atom. The van der Waals surface area contributed by atoms with Gasteiger partial charge in [0, 0.05) is 18.3 Å². The van der Waals surface area contributed by atoms with E-state index in [1.54, 1.807) is 12.1 Å². The van der Waals surface area contributed by atoms with Crippen LogP contribution in [0.25, 0.3) is 10.9 Å². The number of aromatic carboxylic acids is 1. The highest BCUT2D eigenvalue weighted by atomic mass is 16.4. The molecule has 1 aromatic carbocycles. The molecule has 2 aromatic rings. The molecule has 1 aliphatic rings. The Morgan fingerprint density at radius 3 is 2.74 bits per heavy atom. The fourth-order valence-electron chi connectivity index (χ4n) is 3.12. The van der Waals surface area contributed by atoms with Gasteiger partial charge in [0.15, 0.2) is 0 Å². The number of carboxylic acid groups (broad SMARTS) is 1. The molecule has 3 nitrogen and oxygen atoms in total. The monoisotopic (exact) mass is 257 g/mol. The largest absolute Gasteiger partial charge is 0.478 e. The lowest BCUT2D eigenvalue weighted by atomic mass is 9.89. The minimum absolute atomic E-state index is 0.371. The van der Waals surface area contributed by atoms with Gasteiger partial charge in [-0.3, -0.25) is 0 Å². The standard InChI is InChI=1S/C16H19NO2/c18-16(19)14-7-6-13-8-9-17(15(13)10-14)11-12-4-2-1-3-5-12/h6-10,12H,1-5,11H2,(H,18,19). The number of fused-ring (bicyclic) bond motifs is 1. The first-order valence-corrected chi connectivity index (χ1v) is 7.06. The first-order chi connectivity index (χ1) is 9.24. The molecule has 0 spiro atoms. The molecule has 0 atom stereocenters. The predicted octanol–water partition coefficient (Wildman–Crippen LogP) is 3.92. The predicted molar refractivity (Wildman–Crippen MR) is 75.5 cm³/mol. The van der Waals surface area contributed by atoms with Crippen LogP contribution in [-0.2, 0) is 6.54 Å². The van der Waals surface area contributed by atoms with Crippen LogP contribution < -0.4 is 0 Å². The highest BCUT2D eigenvalue weighted by Crippen LogP contribution is 2.27. The lowest BCUT2D eigenvalue weighted by Gasteiger charge is -2.22. The molecule has 100 valence electrons. The van der Waals surface area contributed by atoms with E-state index in [9.17, 15) is 4.79 Å². The number of hydrogen-bond donors (Lipinski definition) is 1. The van der Waals surface area contributed by atoms with Gasteiger partial charge >= 0.3 is 5.97 Å². The van der Waals surface area contributed by atoms with Crippen LogP contribution in [0.4, 0.5) is 0 Å². The molecule has 0 radical (unpaired) electrons. The highest BCUT2D eigenvalue weighted by molar-refractivity contribution is 5.93. The molecule has 0 saturated heterocycles. The van der Waals surface area contributed by atoms with Crippen molar-refractivity contribution in [2.45, 2.75) is 38.6 Å². The van der Waals surface area contributed by atoms with E-state index in [-0.39, 0.29) is 0 Å². The van der Waals surface area contributed by atoms with Crippen molar-refractivity contribution in [1.29, 1.82) is 0 Å². The normalized spacial score (nSPS) is 16.8. The summed E-state index contributed by atoms with van der Waals surface area (Å²) in [6.07, 6.45) is 8.74. The first-order valence-electron chi connectivity index (χ1n) is 7.06. The van der Waals surface area contributed by atoms with Gasteiger partial charge in [-0.15, -0.1) is 0 Å². The number of carboxylic acids is 1. The van der Waals surface area contributed by atoms with Crippen LogP contribution in [-0.4, -0.2) is 15.6 Å². The van der Waals surface area contributed by atoms with E-state index in [1.165, 1.54) is 32.1 Å². The summed E-state index contributed by atoms with van der Waals surface area (Å²) >= 11 is 0. The van der Waals surface area contributed by atoms with Crippen molar-refractivity contribution in [3.63, 3.8) is 0 Å². The lowest BCUT2D eigenvalue weighted by Crippen LogP contribution is -2.13. The second kappa shape index (κ2) is 5.08. The maximum atomic E-state index is 11.1. The van der Waals surface area contributed by atoms with Gasteiger partial charge < -0.3 is 9.67 Å². The molecule has 1 fully saturated rings. The van der Waals surface area contributed by atoms with Crippen LogP contribution in [0.3, 0.4) is 0 Å². The Balaban J connectivity index is 1.89. The molecule has 1 saturated carbocycles. The minimum Gasteiger partial charge on any atom is -0.478 e. The maximum absolute atomic E-state index is 11.1. The fraction of sp³-hybridized carbons (Fsp3) is 0.438. The Kier molecular flexibility index (Phi) is 3.28. The summed E-state index contributed by atoms with van der Waals surface area (Å²) in [5, 5.41) is 10.2. The van der Waals surface area contributed by atoms with E-state index in [0.29, 0.717) is 5.56 Å². The summed E-state index contributed by atoms with van der Waals surface area (Å²) in [7, 11) is 0. The molecule has 0 unspecified atom stereocenters. The Hall–Kier alpha value is -1.77. The Morgan fingerprint density at radius 2 is 2.00 bits per heavy atom. The number of hydrogen-bond acceptors (Lipinski definition) is 1. The molecule has 3 rings (SSSR count). The molecule has 1 N–H and O–H groups in total. The summed E-state index contributed by atoms with van der Waals surface area (Å²) in [6.45, 7) is 1.02. The number of benzene rings is 1. The first kappa shape index (κ1) is 12.3. The molecule has 19 heavy (non-hydrogen) atoms. The quantitative estimate of drug-likeness (QED) is 0.905. The van der Waals surface area contributed by atoms with Gasteiger partial charge in [-0.1, -0.05) is 25.3 Å². The van der Waals surface area contributed by atoms with E-state index in [1.807, 2.05) is 6.07 Å². The maximum Gasteiger partial charge on any atom is 0.335 e. The summed E-state index contributed by atoms with van der Waals surface area (Å²) < 4.78 is 2.22. The lowest BCUT2D eigenvalue weighted by molar-refractivity contribution is 0.0697. The Labute approximate surface area is 112 Å². The average molecular weight is 257 g/mol. The molecule has 0 aliphatic heterocycles. The van der Waals surface area contributed by atoms with Crippen molar-refractivity contribution in [3.8, 4) is 0 Å². The fourth-order valence-corrected chi connectivity index (χ4v) is 3.12. The van der Waals surface area contributed by atoms with Crippen molar-refractivity contribution in [2.24, 2.45) is 5.92 Å². The van der Waals surface area contributed by atoms with Crippen molar-refractivity contribution < 1.29 is 9.90 Å². The highest BCUT2D eigenvalue weighted by Gasteiger charge is 2.15. The van der Waals surface area contributed by atoms with Crippen LogP contribution in [0.5, 0.6) is 0 Å². The molecule has 0 bridgehead atoms. The van der Waals surface area contributed by atoms with Gasteiger partial charge in [0.05, 0.1) is 5.56 Å². The number of aromatic nitrogens is 1. The number of carbonyl (C=O) groups is 1. The van der Waals surface area contributed by atoms with Crippen molar-refractivity contribution in [3.05, 3.63) is 36.0 Å². The molecule has 1 aromatic heterocycles. The van der Waals surface area contributed by atoms with E-state index in [0.717, 1.165) is 23.4 Å². The zero-order chi connectivity index (χ0) is 13.2. The van der Waals surface area contributed by atoms with Crippen LogP contribution in [0, 0.1) is 5.92 Å². The van der Waals surface area contributed by atoms with E-state index >= 15 is 0 Å². The third-order valence-corrected chi connectivity index (χ3v) is 4.20. The van der Waals surface area contributed by atoms with Gasteiger partial charge in [-0.25, -0.2) is 4.79 Å². The van der Waals surface area contributed by atoms with Gasteiger partial charge in [0.25, 0.3) is 0 Å².